The van der Waals surface area contributed by atoms with Crippen molar-refractivity contribution >= 4 is 23.2 Å². The van der Waals surface area contributed by atoms with Gasteiger partial charge in [0, 0.05) is 12.7 Å². The standard InChI is InChI=1S/C14H18Cl2N4O/c1-2-6-17-9-11-10-20(19-18-11)7-8-21-14-12(15)4-3-5-13(14)16/h3-5,10,17H,2,6-9H2,1H3. The Morgan fingerprint density at radius 2 is 2.05 bits per heavy atom. The van der Waals surface area contributed by atoms with E-state index in [9.17, 15) is 0 Å². The number of para-hydroxylation sites is 1. The zero-order valence-corrected chi connectivity index (χ0v) is 13.4. The Morgan fingerprint density at radius 3 is 2.76 bits per heavy atom. The van der Waals surface area contributed by atoms with Gasteiger partial charge in [0.1, 0.15) is 6.61 Å². The van der Waals surface area contributed by atoms with Crippen LogP contribution in [0.15, 0.2) is 24.4 Å². The maximum Gasteiger partial charge on any atom is 0.156 e. The van der Waals surface area contributed by atoms with Gasteiger partial charge in [-0.2, -0.15) is 0 Å². The van der Waals surface area contributed by atoms with Crippen LogP contribution >= 0.6 is 23.2 Å². The Labute approximate surface area is 134 Å². The topological polar surface area (TPSA) is 52.0 Å². The molecule has 0 atom stereocenters. The van der Waals surface area contributed by atoms with Crippen molar-refractivity contribution in [2.24, 2.45) is 0 Å². The van der Waals surface area contributed by atoms with Crippen LogP contribution in [0.1, 0.15) is 19.0 Å². The van der Waals surface area contributed by atoms with Crippen LogP contribution in [0.25, 0.3) is 0 Å². The molecule has 0 saturated heterocycles. The summed E-state index contributed by atoms with van der Waals surface area (Å²) < 4.78 is 7.35. The fourth-order valence-electron chi connectivity index (χ4n) is 1.78. The highest BCUT2D eigenvalue weighted by atomic mass is 35.5. The molecule has 21 heavy (non-hydrogen) atoms. The first-order chi connectivity index (χ1) is 10.2. The van der Waals surface area contributed by atoms with E-state index in [0.717, 1.165) is 25.2 Å². The molecule has 0 spiro atoms. The monoisotopic (exact) mass is 328 g/mol. The van der Waals surface area contributed by atoms with Crippen molar-refractivity contribution < 1.29 is 4.74 Å². The molecule has 2 aromatic rings. The first-order valence-corrected chi connectivity index (χ1v) is 7.63. The van der Waals surface area contributed by atoms with Gasteiger partial charge >= 0.3 is 0 Å². The summed E-state index contributed by atoms with van der Waals surface area (Å²) in [5.41, 5.74) is 0.916. The van der Waals surface area contributed by atoms with E-state index >= 15 is 0 Å². The smallest absolute Gasteiger partial charge is 0.156 e. The van der Waals surface area contributed by atoms with Crippen molar-refractivity contribution in [2.75, 3.05) is 13.2 Å². The molecule has 1 heterocycles. The number of nitrogens with zero attached hydrogens (tertiary/aromatic N) is 3. The molecular weight excluding hydrogens is 311 g/mol. The molecule has 1 aromatic carbocycles. The number of ether oxygens (including phenoxy) is 1. The van der Waals surface area contributed by atoms with E-state index in [1.807, 2.05) is 6.20 Å². The molecule has 0 saturated carbocycles. The van der Waals surface area contributed by atoms with Crippen LogP contribution in [0.5, 0.6) is 5.75 Å². The largest absolute Gasteiger partial charge is 0.489 e. The molecule has 0 bridgehead atoms. The maximum atomic E-state index is 6.03. The first kappa shape index (κ1) is 16.1. The highest BCUT2D eigenvalue weighted by Crippen LogP contribution is 2.32. The zero-order chi connectivity index (χ0) is 15.1. The van der Waals surface area contributed by atoms with Gasteiger partial charge in [-0.25, -0.2) is 4.68 Å². The molecule has 0 radical (unpaired) electrons. The summed E-state index contributed by atoms with van der Waals surface area (Å²) in [6, 6.07) is 5.27. The van der Waals surface area contributed by atoms with Gasteiger partial charge in [0.2, 0.25) is 0 Å². The fraction of sp³-hybridized carbons (Fsp3) is 0.429. The molecule has 7 heteroatoms. The summed E-state index contributed by atoms with van der Waals surface area (Å²) in [5, 5.41) is 12.4. The molecule has 2 rings (SSSR count). The molecule has 114 valence electrons. The summed E-state index contributed by atoms with van der Waals surface area (Å²) in [7, 11) is 0. The Bertz CT molecular complexity index is 554. The van der Waals surface area contributed by atoms with Gasteiger partial charge in [0.05, 0.1) is 22.3 Å². The van der Waals surface area contributed by atoms with Crippen molar-refractivity contribution in [3.63, 3.8) is 0 Å². The van der Waals surface area contributed by atoms with Crippen LogP contribution in [0.3, 0.4) is 0 Å². The zero-order valence-electron chi connectivity index (χ0n) is 11.9. The third-order valence-electron chi connectivity index (χ3n) is 2.80. The SMILES string of the molecule is CCCNCc1cn(CCOc2c(Cl)cccc2Cl)nn1. The predicted molar refractivity (Wildman–Crippen MR) is 84.0 cm³/mol. The van der Waals surface area contributed by atoms with Gasteiger partial charge in [-0.05, 0) is 25.1 Å². The van der Waals surface area contributed by atoms with E-state index in [0.29, 0.717) is 28.9 Å². The van der Waals surface area contributed by atoms with E-state index in [2.05, 4.69) is 22.6 Å². The van der Waals surface area contributed by atoms with Gasteiger partial charge in [-0.3, -0.25) is 0 Å². The van der Waals surface area contributed by atoms with Crippen LogP contribution < -0.4 is 10.1 Å². The van der Waals surface area contributed by atoms with Gasteiger partial charge in [-0.15, -0.1) is 5.10 Å². The molecule has 0 amide bonds. The van der Waals surface area contributed by atoms with Crippen LogP contribution in [-0.4, -0.2) is 28.1 Å². The molecule has 0 fully saturated rings. The highest BCUT2D eigenvalue weighted by molar-refractivity contribution is 6.37. The fourth-order valence-corrected chi connectivity index (χ4v) is 2.29. The number of benzene rings is 1. The van der Waals surface area contributed by atoms with E-state index < -0.39 is 0 Å². The average Bonchev–Trinajstić information content (AvgIpc) is 2.90. The molecule has 0 aliphatic rings. The van der Waals surface area contributed by atoms with Gasteiger partial charge in [0.25, 0.3) is 0 Å². The van der Waals surface area contributed by atoms with Crippen LogP contribution in [0, 0.1) is 0 Å². The molecule has 0 aliphatic carbocycles. The minimum atomic E-state index is 0.425. The third kappa shape index (κ3) is 4.88. The number of nitrogens with one attached hydrogen (secondary N) is 1. The quantitative estimate of drug-likeness (QED) is 0.756. The lowest BCUT2D eigenvalue weighted by Gasteiger charge is -2.09. The van der Waals surface area contributed by atoms with Crippen molar-refractivity contribution in [1.82, 2.24) is 20.3 Å². The summed E-state index contributed by atoms with van der Waals surface area (Å²) >= 11 is 12.1. The number of aromatic nitrogens is 3. The van der Waals surface area contributed by atoms with Crippen LogP contribution in [-0.2, 0) is 13.1 Å². The Balaban J connectivity index is 1.81. The second-order valence-electron chi connectivity index (χ2n) is 4.55. The van der Waals surface area contributed by atoms with Crippen LogP contribution in [0.2, 0.25) is 10.0 Å². The summed E-state index contributed by atoms with van der Waals surface area (Å²) in [6.45, 7) is 4.84. The van der Waals surface area contributed by atoms with E-state index in [1.165, 1.54) is 0 Å². The number of halogens is 2. The van der Waals surface area contributed by atoms with Gasteiger partial charge < -0.3 is 10.1 Å². The summed E-state index contributed by atoms with van der Waals surface area (Å²) in [5.74, 6) is 0.505. The van der Waals surface area contributed by atoms with E-state index in [-0.39, 0.29) is 0 Å². The first-order valence-electron chi connectivity index (χ1n) is 6.87. The summed E-state index contributed by atoms with van der Waals surface area (Å²) in [6.07, 6.45) is 3.00. The van der Waals surface area contributed by atoms with Crippen molar-refractivity contribution in [1.29, 1.82) is 0 Å². The Hall–Kier alpha value is -1.30. The number of rotatable bonds is 8. The molecule has 5 nitrogen and oxygen atoms in total. The average molecular weight is 329 g/mol. The Kier molecular flexibility index (Phi) is 6.29. The highest BCUT2D eigenvalue weighted by Gasteiger charge is 2.07. The molecule has 0 unspecified atom stereocenters. The minimum Gasteiger partial charge on any atom is -0.489 e. The number of hydrogen-bond acceptors (Lipinski definition) is 4. The van der Waals surface area contributed by atoms with Gasteiger partial charge in [-0.1, -0.05) is 41.4 Å². The molecule has 0 aliphatic heterocycles. The van der Waals surface area contributed by atoms with Gasteiger partial charge in [0.15, 0.2) is 5.75 Å². The number of hydrogen-bond donors (Lipinski definition) is 1. The second kappa shape index (κ2) is 8.22. The molecular formula is C14H18Cl2N4O. The van der Waals surface area contributed by atoms with Crippen molar-refractivity contribution in [3.8, 4) is 5.75 Å². The van der Waals surface area contributed by atoms with E-state index in [4.69, 9.17) is 27.9 Å². The minimum absolute atomic E-state index is 0.425. The Morgan fingerprint density at radius 1 is 1.29 bits per heavy atom. The summed E-state index contributed by atoms with van der Waals surface area (Å²) in [4.78, 5) is 0. The second-order valence-corrected chi connectivity index (χ2v) is 5.36. The lowest BCUT2D eigenvalue weighted by Crippen LogP contribution is -2.14. The lowest BCUT2D eigenvalue weighted by atomic mass is 10.3. The predicted octanol–water partition coefficient (Wildman–Crippen LogP) is 3.16. The normalized spacial score (nSPS) is 10.8. The maximum absolute atomic E-state index is 6.03. The lowest BCUT2D eigenvalue weighted by molar-refractivity contribution is 0.290. The molecule has 1 aromatic heterocycles. The van der Waals surface area contributed by atoms with Crippen LogP contribution in [0.4, 0.5) is 0 Å². The van der Waals surface area contributed by atoms with Crippen molar-refractivity contribution in [3.05, 3.63) is 40.1 Å². The van der Waals surface area contributed by atoms with E-state index in [1.54, 1.807) is 22.9 Å². The van der Waals surface area contributed by atoms with Crippen molar-refractivity contribution in [2.45, 2.75) is 26.4 Å². The molecule has 1 N–H and O–H groups in total. The third-order valence-corrected chi connectivity index (χ3v) is 3.40.